The number of carbonyl (C=O) groups is 1. The number of aliphatic hydroxyl groups excluding tert-OH is 1. The summed E-state index contributed by atoms with van der Waals surface area (Å²) in [5, 5.41) is 20.3. The van der Waals surface area contributed by atoms with E-state index in [0.717, 1.165) is 11.1 Å². The standard InChI is InChI=1S/C13H17INO4/c1-10-2-4-11(5-3-10)12(14)13(17)19-9-7-15(18)6-8-16/h2-5,12,16H,6-9H2,1H3. The Hall–Kier alpha value is -0.700. The summed E-state index contributed by atoms with van der Waals surface area (Å²) in [6.07, 6.45) is 0. The summed E-state index contributed by atoms with van der Waals surface area (Å²) in [5.41, 5.74) is 2.01. The maximum Gasteiger partial charge on any atom is 0.323 e. The fourth-order valence-electron chi connectivity index (χ4n) is 1.42. The minimum atomic E-state index is -0.379. The average molecular weight is 378 g/mol. The van der Waals surface area contributed by atoms with Gasteiger partial charge in [-0.3, -0.25) is 4.79 Å². The van der Waals surface area contributed by atoms with Crippen LogP contribution in [0.2, 0.25) is 0 Å². The van der Waals surface area contributed by atoms with Crippen LogP contribution in [0.25, 0.3) is 0 Å². The number of hydrogen-bond donors (Lipinski definition) is 1. The van der Waals surface area contributed by atoms with Gasteiger partial charge in [-0.25, -0.2) is 0 Å². The maximum absolute atomic E-state index is 11.8. The van der Waals surface area contributed by atoms with Gasteiger partial charge in [-0.05, 0) is 12.5 Å². The average Bonchev–Trinajstić information content (AvgIpc) is 2.39. The number of hydrogen-bond acceptors (Lipinski definition) is 4. The Labute approximate surface area is 126 Å². The number of esters is 1. The van der Waals surface area contributed by atoms with Gasteiger partial charge in [-0.2, -0.15) is 0 Å². The summed E-state index contributed by atoms with van der Waals surface area (Å²) in [7, 11) is 0. The van der Waals surface area contributed by atoms with Crippen LogP contribution in [0, 0.1) is 6.92 Å². The second kappa shape index (κ2) is 8.47. The molecule has 1 atom stereocenters. The quantitative estimate of drug-likeness (QED) is 0.339. The van der Waals surface area contributed by atoms with Crippen molar-refractivity contribution in [2.75, 3.05) is 26.3 Å². The number of rotatable bonds is 7. The molecule has 0 spiro atoms. The van der Waals surface area contributed by atoms with Gasteiger partial charge >= 0.3 is 5.97 Å². The normalized spacial score (nSPS) is 12.5. The molecule has 19 heavy (non-hydrogen) atoms. The molecular formula is C13H17INO4. The number of hydroxylamine groups is 2. The number of nitrogens with zero attached hydrogens (tertiary/aromatic N) is 1. The molecule has 0 saturated heterocycles. The number of benzene rings is 1. The SMILES string of the molecule is Cc1ccc(C(I)C(=O)OCCN([O])CCO)cc1. The Balaban J connectivity index is 2.38. The first-order valence-corrected chi connectivity index (χ1v) is 7.19. The Morgan fingerprint density at radius 2 is 2.00 bits per heavy atom. The van der Waals surface area contributed by atoms with Gasteiger partial charge in [0.05, 0.1) is 19.7 Å². The number of alkyl halides is 1. The third-order valence-electron chi connectivity index (χ3n) is 2.51. The zero-order chi connectivity index (χ0) is 14.3. The number of carbonyl (C=O) groups excluding carboxylic acids is 1. The van der Waals surface area contributed by atoms with Crippen LogP contribution in [-0.4, -0.2) is 42.4 Å². The number of halogens is 1. The van der Waals surface area contributed by atoms with E-state index in [1.807, 2.05) is 53.8 Å². The molecule has 0 aliphatic heterocycles. The summed E-state index contributed by atoms with van der Waals surface area (Å²) < 4.78 is 4.66. The molecule has 1 unspecified atom stereocenters. The molecule has 0 aliphatic carbocycles. The molecule has 6 heteroatoms. The van der Waals surface area contributed by atoms with Crippen molar-refractivity contribution in [1.82, 2.24) is 5.06 Å². The monoisotopic (exact) mass is 378 g/mol. The molecule has 0 bridgehead atoms. The first-order chi connectivity index (χ1) is 9.04. The second-order valence-electron chi connectivity index (χ2n) is 4.09. The molecular weight excluding hydrogens is 361 g/mol. The van der Waals surface area contributed by atoms with E-state index in [0.29, 0.717) is 5.06 Å². The number of aliphatic hydroxyl groups is 1. The van der Waals surface area contributed by atoms with Crippen LogP contribution >= 0.6 is 22.6 Å². The van der Waals surface area contributed by atoms with Crippen molar-refractivity contribution in [2.45, 2.75) is 10.8 Å². The van der Waals surface area contributed by atoms with Crippen molar-refractivity contribution < 1.29 is 19.8 Å². The number of aryl methyl sites for hydroxylation is 1. The highest BCUT2D eigenvalue weighted by Crippen LogP contribution is 2.24. The van der Waals surface area contributed by atoms with Gasteiger partial charge < -0.3 is 9.84 Å². The lowest BCUT2D eigenvalue weighted by atomic mass is 10.1. The molecule has 1 rings (SSSR count). The molecule has 0 heterocycles. The van der Waals surface area contributed by atoms with Crippen LogP contribution in [0.5, 0.6) is 0 Å². The fraction of sp³-hybridized carbons (Fsp3) is 0.462. The Morgan fingerprint density at radius 1 is 1.37 bits per heavy atom. The first-order valence-electron chi connectivity index (χ1n) is 5.95. The first kappa shape index (κ1) is 16.4. The minimum absolute atomic E-state index is 0.0309. The molecule has 0 saturated carbocycles. The van der Waals surface area contributed by atoms with E-state index in [9.17, 15) is 10.0 Å². The van der Waals surface area contributed by atoms with Crippen molar-refractivity contribution >= 4 is 28.6 Å². The summed E-state index contributed by atoms with van der Waals surface area (Å²) in [5.74, 6) is -0.359. The summed E-state index contributed by atoms with van der Waals surface area (Å²) >= 11 is 2.01. The van der Waals surface area contributed by atoms with E-state index >= 15 is 0 Å². The van der Waals surface area contributed by atoms with Gasteiger partial charge in [0.15, 0.2) is 0 Å². The van der Waals surface area contributed by atoms with E-state index in [1.54, 1.807) is 0 Å². The van der Waals surface area contributed by atoms with Gasteiger partial charge in [0.2, 0.25) is 0 Å². The summed E-state index contributed by atoms with van der Waals surface area (Å²) in [6.45, 7) is 1.92. The topological polar surface area (TPSA) is 69.7 Å². The molecule has 1 N–H and O–H groups in total. The van der Waals surface area contributed by atoms with E-state index < -0.39 is 0 Å². The van der Waals surface area contributed by atoms with Gasteiger partial charge in [-0.1, -0.05) is 52.4 Å². The maximum atomic E-state index is 11.8. The zero-order valence-electron chi connectivity index (χ0n) is 10.7. The summed E-state index contributed by atoms with van der Waals surface area (Å²) in [4.78, 5) is 11.8. The van der Waals surface area contributed by atoms with Gasteiger partial charge in [0, 0.05) is 0 Å². The van der Waals surface area contributed by atoms with E-state index in [4.69, 9.17) is 9.84 Å². The van der Waals surface area contributed by atoms with Crippen molar-refractivity contribution in [1.29, 1.82) is 0 Å². The van der Waals surface area contributed by atoms with Crippen molar-refractivity contribution in [3.8, 4) is 0 Å². The molecule has 1 aromatic carbocycles. The molecule has 5 nitrogen and oxygen atoms in total. The highest BCUT2D eigenvalue weighted by molar-refractivity contribution is 14.1. The predicted molar refractivity (Wildman–Crippen MR) is 78.2 cm³/mol. The lowest BCUT2D eigenvalue weighted by molar-refractivity contribution is -0.173. The van der Waals surface area contributed by atoms with Gasteiger partial charge in [0.25, 0.3) is 0 Å². The molecule has 0 fully saturated rings. The van der Waals surface area contributed by atoms with Gasteiger partial charge in [-0.15, -0.1) is 10.3 Å². The van der Waals surface area contributed by atoms with Crippen molar-refractivity contribution in [2.24, 2.45) is 0 Å². The fourth-order valence-corrected chi connectivity index (χ4v) is 2.01. The van der Waals surface area contributed by atoms with Crippen LogP contribution in [0.4, 0.5) is 0 Å². The van der Waals surface area contributed by atoms with Crippen molar-refractivity contribution in [3.05, 3.63) is 35.4 Å². The lowest BCUT2D eigenvalue weighted by Gasteiger charge is -2.13. The largest absolute Gasteiger partial charge is 0.463 e. The van der Waals surface area contributed by atoms with E-state index in [2.05, 4.69) is 0 Å². The molecule has 0 aromatic heterocycles. The molecule has 105 valence electrons. The lowest BCUT2D eigenvalue weighted by Crippen LogP contribution is -2.27. The third kappa shape index (κ3) is 5.85. The Morgan fingerprint density at radius 3 is 2.58 bits per heavy atom. The van der Waals surface area contributed by atoms with Crippen LogP contribution in [-0.2, 0) is 14.7 Å². The third-order valence-corrected chi connectivity index (χ3v) is 3.74. The van der Waals surface area contributed by atoms with Crippen LogP contribution in [0.15, 0.2) is 24.3 Å². The van der Waals surface area contributed by atoms with Crippen molar-refractivity contribution in [3.63, 3.8) is 0 Å². The van der Waals surface area contributed by atoms with Crippen LogP contribution < -0.4 is 0 Å². The smallest absolute Gasteiger partial charge is 0.323 e. The highest BCUT2D eigenvalue weighted by atomic mass is 127. The summed E-state index contributed by atoms with van der Waals surface area (Å²) in [6, 6.07) is 7.66. The minimum Gasteiger partial charge on any atom is -0.463 e. The predicted octanol–water partition coefficient (Wildman–Crippen LogP) is 1.65. The van der Waals surface area contributed by atoms with Gasteiger partial charge in [0.1, 0.15) is 10.5 Å². The molecule has 1 radical (unpaired) electrons. The Bertz CT molecular complexity index is 396. The Kier molecular flexibility index (Phi) is 7.29. The van der Waals surface area contributed by atoms with Crippen LogP contribution in [0.1, 0.15) is 15.1 Å². The van der Waals surface area contributed by atoms with E-state index in [-0.39, 0.29) is 36.2 Å². The second-order valence-corrected chi connectivity index (χ2v) is 5.34. The van der Waals surface area contributed by atoms with E-state index in [1.165, 1.54) is 0 Å². The highest BCUT2D eigenvalue weighted by Gasteiger charge is 2.18. The molecule has 1 aromatic rings. The molecule has 0 amide bonds. The molecule has 0 aliphatic rings. The number of ether oxygens (including phenoxy) is 1. The van der Waals surface area contributed by atoms with Crippen LogP contribution in [0.3, 0.4) is 0 Å². The zero-order valence-corrected chi connectivity index (χ0v) is 12.9.